The number of amides is 1. The van der Waals surface area contributed by atoms with Crippen LogP contribution in [0.25, 0.3) is 0 Å². The number of esters is 3. The summed E-state index contributed by atoms with van der Waals surface area (Å²) in [6.45, 7) is 0. The van der Waals surface area contributed by atoms with Crippen LogP contribution in [-0.2, 0) is 33.4 Å². The maximum Gasteiger partial charge on any atom is 0.329 e. The number of benzene rings is 1. The molecule has 0 aliphatic rings. The molecule has 0 spiro atoms. The lowest BCUT2D eigenvalue weighted by Crippen LogP contribution is -2.46. The van der Waals surface area contributed by atoms with Gasteiger partial charge < -0.3 is 19.5 Å². The fourth-order valence-corrected chi connectivity index (χ4v) is 2.55. The number of rotatable bonds is 10. The molecule has 0 fully saturated rings. The molecule has 1 rings (SSSR count). The number of methoxy groups -OCH3 is 3. The molecule has 11 nitrogen and oxygen atoms in total. The normalized spacial score (nSPS) is 12.2. The summed E-state index contributed by atoms with van der Waals surface area (Å²) < 4.78 is 13.8. The summed E-state index contributed by atoms with van der Waals surface area (Å²) in [6, 6.07) is 3.90. The molecule has 1 amide bonds. The number of non-ortho nitro benzene ring substituents is 1. The summed E-state index contributed by atoms with van der Waals surface area (Å²) in [5.74, 6) is -3.65. The molecule has 0 heterocycles. The van der Waals surface area contributed by atoms with Crippen LogP contribution in [0.3, 0.4) is 0 Å². The number of nitrogens with zero attached hydrogens (tertiary/aromatic N) is 1. The zero-order valence-corrected chi connectivity index (χ0v) is 16.2. The molecule has 0 aliphatic heterocycles. The molecule has 0 saturated carbocycles. The second-order valence-corrected chi connectivity index (χ2v) is 5.88. The molecule has 158 valence electrons. The average molecular weight is 410 g/mol. The van der Waals surface area contributed by atoms with Gasteiger partial charge in [-0.05, 0) is 5.56 Å². The van der Waals surface area contributed by atoms with E-state index in [0.29, 0.717) is 5.56 Å². The quantitative estimate of drug-likeness (QED) is 0.256. The monoisotopic (exact) mass is 410 g/mol. The van der Waals surface area contributed by atoms with Crippen LogP contribution in [0.5, 0.6) is 0 Å². The average Bonchev–Trinajstić information content (AvgIpc) is 2.73. The topological polar surface area (TPSA) is 151 Å². The van der Waals surface area contributed by atoms with Crippen LogP contribution in [0.2, 0.25) is 0 Å². The minimum absolute atomic E-state index is 0.178. The van der Waals surface area contributed by atoms with Crippen molar-refractivity contribution >= 4 is 29.5 Å². The van der Waals surface area contributed by atoms with Crippen LogP contribution in [-0.4, -0.2) is 56.1 Å². The van der Waals surface area contributed by atoms with E-state index in [9.17, 15) is 29.3 Å². The molecule has 0 radical (unpaired) electrons. The van der Waals surface area contributed by atoms with E-state index in [1.807, 2.05) is 0 Å². The molecule has 2 atom stereocenters. The van der Waals surface area contributed by atoms with Crippen LogP contribution in [0, 0.1) is 10.1 Å². The number of ether oxygens (including phenoxy) is 3. The minimum Gasteiger partial charge on any atom is -0.469 e. The highest BCUT2D eigenvalue weighted by atomic mass is 16.6. The fourth-order valence-electron chi connectivity index (χ4n) is 2.55. The third-order valence-electron chi connectivity index (χ3n) is 4.10. The highest BCUT2D eigenvalue weighted by molar-refractivity contribution is 5.87. The molecule has 0 saturated heterocycles. The second kappa shape index (κ2) is 11.4. The van der Waals surface area contributed by atoms with Gasteiger partial charge in [0.15, 0.2) is 0 Å². The van der Waals surface area contributed by atoms with Gasteiger partial charge in [0.25, 0.3) is 5.69 Å². The molecule has 11 heteroatoms. The van der Waals surface area contributed by atoms with Crippen molar-refractivity contribution in [3.8, 4) is 0 Å². The Balaban J connectivity index is 3.17. The van der Waals surface area contributed by atoms with Gasteiger partial charge in [-0.3, -0.25) is 24.5 Å². The van der Waals surface area contributed by atoms with E-state index in [-0.39, 0.29) is 24.9 Å². The van der Waals surface area contributed by atoms with Gasteiger partial charge in [-0.25, -0.2) is 4.79 Å². The first-order valence-corrected chi connectivity index (χ1v) is 8.48. The Morgan fingerprint density at radius 1 is 0.966 bits per heavy atom. The van der Waals surface area contributed by atoms with Gasteiger partial charge in [-0.1, -0.05) is 12.1 Å². The van der Waals surface area contributed by atoms with Crippen LogP contribution in [0.15, 0.2) is 24.3 Å². The standard InChI is InChI=1S/C18H22N2O9/c1-27-15(22)9-8-14(21)19-17(18(24)29-3)13(10-16(23)28-2)11-4-6-12(7-5-11)20(25)26/h4-7,13,17H,8-10H2,1-3H3,(H,19,21)/t13-,17+/m1/s1. The lowest BCUT2D eigenvalue weighted by molar-refractivity contribution is -0.384. The van der Waals surface area contributed by atoms with Gasteiger partial charge in [0.1, 0.15) is 6.04 Å². The summed E-state index contributed by atoms with van der Waals surface area (Å²) in [6.07, 6.45) is -0.744. The van der Waals surface area contributed by atoms with Crippen molar-refractivity contribution in [2.75, 3.05) is 21.3 Å². The molecular formula is C18H22N2O9. The van der Waals surface area contributed by atoms with Crippen LogP contribution < -0.4 is 5.32 Å². The van der Waals surface area contributed by atoms with E-state index in [0.717, 1.165) is 14.2 Å². The summed E-state index contributed by atoms with van der Waals surface area (Å²) in [5, 5.41) is 13.3. The van der Waals surface area contributed by atoms with E-state index in [1.165, 1.54) is 31.4 Å². The van der Waals surface area contributed by atoms with E-state index >= 15 is 0 Å². The molecule has 1 aromatic rings. The molecule has 0 aliphatic carbocycles. The summed E-state index contributed by atoms with van der Waals surface area (Å²) in [5.41, 5.74) is 0.201. The van der Waals surface area contributed by atoms with Crippen LogP contribution in [0.1, 0.15) is 30.7 Å². The second-order valence-electron chi connectivity index (χ2n) is 5.88. The Hall–Kier alpha value is -3.50. The molecule has 0 aromatic heterocycles. The van der Waals surface area contributed by atoms with Crippen molar-refractivity contribution in [3.63, 3.8) is 0 Å². The van der Waals surface area contributed by atoms with E-state index in [2.05, 4.69) is 14.8 Å². The highest BCUT2D eigenvalue weighted by Gasteiger charge is 2.34. The van der Waals surface area contributed by atoms with E-state index in [4.69, 9.17) is 4.74 Å². The van der Waals surface area contributed by atoms with Gasteiger partial charge in [-0.15, -0.1) is 0 Å². The van der Waals surface area contributed by atoms with E-state index < -0.39 is 40.7 Å². The minimum atomic E-state index is -1.29. The number of nitro groups is 1. The fraction of sp³-hybridized carbons (Fsp3) is 0.444. The first-order valence-electron chi connectivity index (χ1n) is 8.48. The Bertz CT molecular complexity index is 761. The number of nitrogens with one attached hydrogen (secondary N) is 1. The molecule has 1 aromatic carbocycles. The Labute approximate surface area is 166 Å². The lowest BCUT2D eigenvalue weighted by atomic mass is 9.88. The smallest absolute Gasteiger partial charge is 0.329 e. The van der Waals surface area contributed by atoms with Gasteiger partial charge in [0.2, 0.25) is 5.91 Å². The zero-order valence-electron chi connectivity index (χ0n) is 16.2. The predicted molar refractivity (Wildman–Crippen MR) is 97.7 cm³/mol. The van der Waals surface area contributed by atoms with Crippen molar-refractivity contribution in [2.45, 2.75) is 31.2 Å². The lowest BCUT2D eigenvalue weighted by Gasteiger charge is -2.25. The molecule has 0 bridgehead atoms. The number of carbonyl (C=O) groups excluding carboxylic acids is 4. The van der Waals surface area contributed by atoms with Gasteiger partial charge >= 0.3 is 17.9 Å². The zero-order chi connectivity index (χ0) is 22.0. The SMILES string of the molecule is COC(=O)CCC(=O)N[C@H](C(=O)OC)[C@H](CC(=O)OC)c1ccc([N+](=O)[O-])cc1. The first kappa shape index (κ1) is 23.5. The molecule has 1 N–H and O–H groups in total. The largest absolute Gasteiger partial charge is 0.469 e. The summed E-state index contributed by atoms with van der Waals surface area (Å²) in [4.78, 5) is 57.8. The van der Waals surface area contributed by atoms with Gasteiger partial charge in [0, 0.05) is 24.5 Å². The van der Waals surface area contributed by atoms with Crippen LogP contribution in [0.4, 0.5) is 5.69 Å². The van der Waals surface area contributed by atoms with Crippen molar-refractivity contribution in [2.24, 2.45) is 0 Å². The Morgan fingerprint density at radius 3 is 2.03 bits per heavy atom. The van der Waals surface area contributed by atoms with Gasteiger partial charge in [0.05, 0.1) is 39.1 Å². The van der Waals surface area contributed by atoms with Crippen molar-refractivity contribution in [1.29, 1.82) is 0 Å². The summed E-state index contributed by atoms with van der Waals surface area (Å²) >= 11 is 0. The number of nitro benzene ring substituents is 1. The van der Waals surface area contributed by atoms with Crippen molar-refractivity contribution in [1.82, 2.24) is 5.32 Å². The maximum atomic E-state index is 12.3. The third kappa shape index (κ3) is 7.20. The number of hydrogen-bond donors (Lipinski definition) is 1. The number of carbonyl (C=O) groups is 4. The first-order chi connectivity index (χ1) is 13.7. The third-order valence-corrected chi connectivity index (χ3v) is 4.10. The van der Waals surface area contributed by atoms with Crippen molar-refractivity contribution < 1.29 is 38.3 Å². The number of hydrogen-bond acceptors (Lipinski definition) is 9. The van der Waals surface area contributed by atoms with Crippen LogP contribution >= 0.6 is 0 Å². The Kier molecular flexibility index (Phi) is 9.23. The molecular weight excluding hydrogens is 388 g/mol. The maximum absolute atomic E-state index is 12.3. The van der Waals surface area contributed by atoms with E-state index in [1.54, 1.807) is 0 Å². The highest BCUT2D eigenvalue weighted by Crippen LogP contribution is 2.27. The summed E-state index contributed by atoms with van der Waals surface area (Å²) in [7, 11) is 3.46. The Morgan fingerprint density at radius 2 is 1.55 bits per heavy atom. The van der Waals surface area contributed by atoms with Crippen molar-refractivity contribution in [3.05, 3.63) is 39.9 Å². The molecule has 0 unspecified atom stereocenters. The van der Waals surface area contributed by atoms with Gasteiger partial charge in [-0.2, -0.15) is 0 Å². The predicted octanol–water partition coefficient (Wildman–Crippen LogP) is 0.853. The molecule has 29 heavy (non-hydrogen) atoms.